The molecular formula is C13H18N2O2. The molecule has 92 valence electrons. The van der Waals surface area contributed by atoms with Crippen molar-refractivity contribution in [2.45, 2.75) is 25.9 Å². The van der Waals surface area contributed by atoms with Gasteiger partial charge in [-0.05, 0) is 36.7 Å². The number of carbonyl (C=O) groups is 1. The van der Waals surface area contributed by atoms with Crippen LogP contribution in [-0.2, 0) is 17.9 Å². The van der Waals surface area contributed by atoms with Crippen LogP contribution in [0, 0.1) is 0 Å². The lowest BCUT2D eigenvalue weighted by Crippen LogP contribution is -2.12. The molecule has 0 aliphatic carbocycles. The van der Waals surface area contributed by atoms with Crippen LogP contribution in [0.3, 0.4) is 0 Å². The van der Waals surface area contributed by atoms with E-state index in [4.69, 9.17) is 5.11 Å². The van der Waals surface area contributed by atoms with Crippen molar-refractivity contribution in [3.05, 3.63) is 29.3 Å². The van der Waals surface area contributed by atoms with Gasteiger partial charge in [0.1, 0.15) is 0 Å². The summed E-state index contributed by atoms with van der Waals surface area (Å²) in [7, 11) is 2.08. The van der Waals surface area contributed by atoms with Crippen LogP contribution < -0.4 is 5.32 Å². The smallest absolute Gasteiger partial charge is 0.224 e. The molecule has 0 saturated carbocycles. The number of carbonyl (C=O) groups excluding carboxylic acids is 1. The Hall–Kier alpha value is -1.39. The number of benzene rings is 1. The lowest BCUT2D eigenvalue weighted by molar-refractivity contribution is -0.116. The molecule has 0 aromatic heterocycles. The van der Waals surface area contributed by atoms with Crippen LogP contribution in [0.2, 0.25) is 0 Å². The number of amides is 1. The standard InChI is InChI=1S/C13H18N2O2/c1-15-8-10-4-5-12(7-11(10)9-15)14-13(17)3-2-6-16/h4-5,7,16H,2-3,6,8-9H2,1H3,(H,14,17). The molecule has 0 fully saturated rings. The van der Waals surface area contributed by atoms with E-state index in [2.05, 4.69) is 23.3 Å². The van der Waals surface area contributed by atoms with E-state index in [-0.39, 0.29) is 12.5 Å². The van der Waals surface area contributed by atoms with Gasteiger partial charge in [0, 0.05) is 31.8 Å². The summed E-state index contributed by atoms with van der Waals surface area (Å²) in [5.74, 6) is -0.0367. The molecule has 1 aromatic carbocycles. The van der Waals surface area contributed by atoms with E-state index in [0.29, 0.717) is 12.8 Å². The Balaban J connectivity index is 1.99. The van der Waals surface area contributed by atoms with Gasteiger partial charge in [-0.25, -0.2) is 0 Å². The quantitative estimate of drug-likeness (QED) is 0.826. The van der Waals surface area contributed by atoms with E-state index in [1.54, 1.807) is 0 Å². The van der Waals surface area contributed by atoms with Gasteiger partial charge < -0.3 is 10.4 Å². The van der Waals surface area contributed by atoms with Gasteiger partial charge in [0.05, 0.1) is 0 Å². The Labute approximate surface area is 101 Å². The van der Waals surface area contributed by atoms with Crippen molar-refractivity contribution in [3.63, 3.8) is 0 Å². The number of rotatable bonds is 4. The average molecular weight is 234 g/mol. The molecule has 2 N–H and O–H groups in total. The van der Waals surface area contributed by atoms with E-state index in [9.17, 15) is 4.79 Å². The third-order valence-electron chi connectivity index (χ3n) is 2.93. The van der Waals surface area contributed by atoms with Crippen LogP contribution >= 0.6 is 0 Å². The average Bonchev–Trinajstić information content (AvgIpc) is 2.65. The van der Waals surface area contributed by atoms with Crippen LogP contribution in [0.15, 0.2) is 18.2 Å². The van der Waals surface area contributed by atoms with Crippen molar-refractivity contribution in [2.75, 3.05) is 19.0 Å². The largest absolute Gasteiger partial charge is 0.396 e. The van der Waals surface area contributed by atoms with E-state index >= 15 is 0 Å². The summed E-state index contributed by atoms with van der Waals surface area (Å²) in [5.41, 5.74) is 3.47. The summed E-state index contributed by atoms with van der Waals surface area (Å²) in [4.78, 5) is 13.7. The Morgan fingerprint density at radius 3 is 2.94 bits per heavy atom. The highest BCUT2D eigenvalue weighted by molar-refractivity contribution is 5.90. The maximum absolute atomic E-state index is 11.5. The predicted molar refractivity (Wildman–Crippen MR) is 66.6 cm³/mol. The van der Waals surface area contributed by atoms with Crippen molar-refractivity contribution in [1.82, 2.24) is 4.90 Å². The molecule has 1 amide bonds. The lowest BCUT2D eigenvalue weighted by Gasteiger charge is -2.06. The fourth-order valence-electron chi connectivity index (χ4n) is 2.11. The number of aliphatic hydroxyl groups excluding tert-OH is 1. The molecular weight excluding hydrogens is 216 g/mol. The number of nitrogens with one attached hydrogen (secondary N) is 1. The molecule has 0 unspecified atom stereocenters. The molecule has 1 aliphatic rings. The number of hydrogen-bond acceptors (Lipinski definition) is 3. The van der Waals surface area contributed by atoms with Crippen LogP contribution in [-0.4, -0.2) is 29.6 Å². The van der Waals surface area contributed by atoms with Gasteiger partial charge in [-0.1, -0.05) is 6.07 Å². The van der Waals surface area contributed by atoms with E-state index < -0.39 is 0 Å². The maximum Gasteiger partial charge on any atom is 0.224 e. The van der Waals surface area contributed by atoms with Crippen molar-refractivity contribution >= 4 is 11.6 Å². The molecule has 0 saturated heterocycles. The summed E-state index contributed by atoms with van der Waals surface area (Å²) in [5, 5.41) is 11.5. The number of nitrogens with zero attached hydrogens (tertiary/aromatic N) is 1. The second-order valence-corrected chi connectivity index (χ2v) is 4.53. The SMILES string of the molecule is CN1Cc2ccc(NC(=O)CCCO)cc2C1. The fourth-order valence-corrected chi connectivity index (χ4v) is 2.11. The second-order valence-electron chi connectivity index (χ2n) is 4.53. The Morgan fingerprint density at radius 2 is 2.18 bits per heavy atom. The molecule has 1 aliphatic heterocycles. The van der Waals surface area contributed by atoms with Crippen molar-refractivity contribution < 1.29 is 9.90 Å². The molecule has 1 aromatic rings. The lowest BCUT2D eigenvalue weighted by atomic mass is 10.1. The third kappa shape index (κ3) is 3.05. The molecule has 0 bridgehead atoms. The predicted octanol–water partition coefficient (Wildman–Crippen LogP) is 1.34. The maximum atomic E-state index is 11.5. The van der Waals surface area contributed by atoms with Gasteiger partial charge in [0.2, 0.25) is 5.91 Å². The minimum absolute atomic E-state index is 0.0367. The van der Waals surface area contributed by atoms with Crippen molar-refractivity contribution in [1.29, 1.82) is 0 Å². The first-order valence-corrected chi connectivity index (χ1v) is 5.90. The molecule has 2 rings (SSSR count). The second kappa shape index (κ2) is 5.29. The highest BCUT2D eigenvalue weighted by Gasteiger charge is 2.15. The zero-order valence-electron chi connectivity index (χ0n) is 10.1. The topological polar surface area (TPSA) is 52.6 Å². The first-order valence-electron chi connectivity index (χ1n) is 5.90. The monoisotopic (exact) mass is 234 g/mol. The van der Waals surface area contributed by atoms with Crippen molar-refractivity contribution in [2.24, 2.45) is 0 Å². The molecule has 1 heterocycles. The van der Waals surface area contributed by atoms with Crippen LogP contribution in [0.4, 0.5) is 5.69 Å². The van der Waals surface area contributed by atoms with E-state index in [0.717, 1.165) is 18.8 Å². The number of fused-ring (bicyclic) bond motifs is 1. The number of anilines is 1. The molecule has 4 nitrogen and oxygen atoms in total. The Morgan fingerprint density at radius 1 is 1.41 bits per heavy atom. The first-order chi connectivity index (χ1) is 8.19. The number of aliphatic hydroxyl groups is 1. The molecule has 0 radical (unpaired) electrons. The zero-order chi connectivity index (χ0) is 12.3. The van der Waals surface area contributed by atoms with Gasteiger partial charge in [0.15, 0.2) is 0 Å². The first kappa shape index (κ1) is 12.1. The minimum Gasteiger partial charge on any atom is -0.396 e. The normalized spacial score (nSPS) is 14.7. The Kier molecular flexibility index (Phi) is 3.76. The van der Waals surface area contributed by atoms with Gasteiger partial charge in [0.25, 0.3) is 0 Å². The Bertz CT molecular complexity index is 418. The molecule has 0 spiro atoms. The summed E-state index contributed by atoms with van der Waals surface area (Å²) >= 11 is 0. The highest BCUT2D eigenvalue weighted by Crippen LogP contribution is 2.24. The number of hydrogen-bond donors (Lipinski definition) is 2. The van der Waals surface area contributed by atoms with Crippen LogP contribution in [0.25, 0.3) is 0 Å². The minimum atomic E-state index is -0.0367. The third-order valence-corrected chi connectivity index (χ3v) is 2.93. The highest BCUT2D eigenvalue weighted by atomic mass is 16.3. The zero-order valence-corrected chi connectivity index (χ0v) is 10.1. The molecule has 0 atom stereocenters. The van der Waals surface area contributed by atoms with Gasteiger partial charge >= 0.3 is 0 Å². The van der Waals surface area contributed by atoms with Crippen molar-refractivity contribution in [3.8, 4) is 0 Å². The summed E-state index contributed by atoms with van der Waals surface area (Å²) in [6.07, 6.45) is 0.882. The van der Waals surface area contributed by atoms with Gasteiger partial charge in [-0.2, -0.15) is 0 Å². The van der Waals surface area contributed by atoms with Gasteiger partial charge in [-0.15, -0.1) is 0 Å². The molecule has 17 heavy (non-hydrogen) atoms. The summed E-state index contributed by atoms with van der Waals surface area (Å²) in [6.45, 7) is 1.98. The summed E-state index contributed by atoms with van der Waals surface area (Å²) in [6, 6.07) is 6.05. The molecule has 4 heteroatoms. The van der Waals surface area contributed by atoms with E-state index in [1.165, 1.54) is 11.1 Å². The fraction of sp³-hybridized carbons (Fsp3) is 0.462. The van der Waals surface area contributed by atoms with Crippen LogP contribution in [0.5, 0.6) is 0 Å². The van der Waals surface area contributed by atoms with Gasteiger partial charge in [-0.3, -0.25) is 9.69 Å². The van der Waals surface area contributed by atoms with E-state index in [1.807, 2.05) is 12.1 Å². The van der Waals surface area contributed by atoms with Crippen LogP contribution in [0.1, 0.15) is 24.0 Å². The summed E-state index contributed by atoms with van der Waals surface area (Å²) < 4.78 is 0.